The minimum atomic E-state index is -0.451. The van der Waals surface area contributed by atoms with Gasteiger partial charge in [-0.15, -0.1) is 0 Å². The molecule has 0 radical (unpaired) electrons. The molecule has 34 heavy (non-hydrogen) atoms. The summed E-state index contributed by atoms with van der Waals surface area (Å²) < 4.78 is 15.5. The van der Waals surface area contributed by atoms with Crippen molar-refractivity contribution in [2.75, 3.05) is 11.4 Å². The topological polar surface area (TPSA) is 79.6 Å². The van der Waals surface area contributed by atoms with E-state index in [1.54, 1.807) is 28.6 Å². The van der Waals surface area contributed by atoms with Gasteiger partial charge >= 0.3 is 0 Å². The molecule has 1 N–H and O–H groups in total. The van der Waals surface area contributed by atoms with Crippen LogP contribution in [0.5, 0.6) is 0 Å². The maximum absolute atomic E-state index is 13.8. The smallest absolute Gasteiger partial charge is 0.256 e. The van der Waals surface area contributed by atoms with Crippen LogP contribution in [-0.4, -0.2) is 39.0 Å². The predicted molar refractivity (Wildman–Crippen MR) is 128 cm³/mol. The molecule has 2 fully saturated rings. The highest BCUT2D eigenvalue weighted by Gasteiger charge is 2.49. The van der Waals surface area contributed by atoms with E-state index in [4.69, 9.17) is 11.6 Å². The lowest BCUT2D eigenvalue weighted by molar-refractivity contribution is -0.127. The third kappa shape index (κ3) is 3.74. The summed E-state index contributed by atoms with van der Waals surface area (Å²) in [4.78, 5) is 32.6. The number of aromatic nitrogens is 3. The number of amides is 2. The Morgan fingerprint density at radius 1 is 1.18 bits per heavy atom. The van der Waals surface area contributed by atoms with Crippen molar-refractivity contribution in [1.82, 2.24) is 19.9 Å². The van der Waals surface area contributed by atoms with Crippen LogP contribution in [0.15, 0.2) is 24.4 Å². The molecule has 1 aliphatic carbocycles. The fourth-order valence-corrected chi connectivity index (χ4v) is 5.62. The van der Waals surface area contributed by atoms with Crippen LogP contribution < -0.4 is 10.2 Å². The first-order valence-corrected chi connectivity index (χ1v) is 12.0. The molecule has 1 aromatic carbocycles. The number of carbonyl (C=O) groups is 2. The normalized spacial score (nSPS) is 22.7. The molecule has 9 heteroatoms. The number of hydrogen-bond acceptors (Lipinski definition) is 4. The van der Waals surface area contributed by atoms with Crippen LogP contribution in [0, 0.1) is 32.0 Å². The molecule has 3 heterocycles. The van der Waals surface area contributed by atoms with Gasteiger partial charge in [0.25, 0.3) is 5.91 Å². The van der Waals surface area contributed by atoms with Crippen LogP contribution in [-0.2, 0) is 4.79 Å². The zero-order chi connectivity index (χ0) is 24.2. The molecule has 0 unspecified atom stereocenters. The van der Waals surface area contributed by atoms with E-state index in [0.717, 1.165) is 17.8 Å². The van der Waals surface area contributed by atoms with Crippen LogP contribution in [0.1, 0.15) is 59.4 Å². The second kappa shape index (κ2) is 8.34. The number of fused-ring (bicyclic) bond motifs is 1. The molecule has 2 aromatic heterocycles. The van der Waals surface area contributed by atoms with E-state index < -0.39 is 5.41 Å². The zero-order valence-electron chi connectivity index (χ0n) is 19.5. The highest BCUT2D eigenvalue weighted by Crippen LogP contribution is 2.47. The minimum absolute atomic E-state index is 0.0162. The Hall–Kier alpha value is -3.00. The summed E-state index contributed by atoms with van der Waals surface area (Å²) in [6, 6.07) is 4.82. The van der Waals surface area contributed by atoms with Gasteiger partial charge in [-0.2, -0.15) is 5.10 Å². The van der Waals surface area contributed by atoms with Gasteiger partial charge in [-0.05, 0) is 76.6 Å². The average molecular weight is 484 g/mol. The Labute approximate surface area is 202 Å². The van der Waals surface area contributed by atoms with Crippen LogP contribution in [0.4, 0.5) is 10.1 Å². The molecule has 1 saturated carbocycles. The second-order valence-corrected chi connectivity index (χ2v) is 10.0. The molecular weight excluding hydrogens is 457 g/mol. The van der Waals surface area contributed by atoms with Gasteiger partial charge in [-0.25, -0.2) is 13.9 Å². The largest absolute Gasteiger partial charge is 0.349 e. The summed E-state index contributed by atoms with van der Waals surface area (Å²) >= 11 is 6.27. The molecule has 178 valence electrons. The van der Waals surface area contributed by atoms with Gasteiger partial charge in [-0.3, -0.25) is 9.59 Å². The van der Waals surface area contributed by atoms with Crippen molar-refractivity contribution in [1.29, 1.82) is 0 Å². The fourth-order valence-electron chi connectivity index (χ4n) is 5.37. The van der Waals surface area contributed by atoms with E-state index >= 15 is 0 Å². The molecule has 1 aliphatic heterocycles. The molecule has 3 aromatic rings. The molecule has 7 nitrogen and oxygen atoms in total. The molecule has 0 atom stereocenters. The molecular formula is C25H27ClFN5O2. The van der Waals surface area contributed by atoms with Gasteiger partial charge in [0, 0.05) is 24.0 Å². The number of benzene rings is 1. The zero-order valence-corrected chi connectivity index (χ0v) is 20.2. The van der Waals surface area contributed by atoms with Gasteiger partial charge in [0.15, 0.2) is 5.65 Å². The first-order valence-electron chi connectivity index (χ1n) is 11.6. The summed E-state index contributed by atoms with van der Waals surface area (Å²) in [7, 11) is 0. The first kappa shape index (κ1) is 22.8. The van der Waals surface area contributed by atoms with Crippen LogP contribution in [0.25, 0.3) is 5.65 Å². The Balaban J connectivity index is 1.27. The highest BCUT2D eigenvalue weighted by atomic mass is 35.5. The molecule has 1 spiro atoms. The van der Waals surface area contributed by atoms with Crippen LogP contribution >= 0.6 is 11.6 Å². The van der Waals surface area contributed by atoms with E-state index in [9.17, 15) is 14.0 Å². The summed E-state index contributed by atoms with van der Waals surface area (Å²) in [6.45, 7) is 6.05. The van der Waals surface area contributed by atoms with Crippen molar-refractivity contribution < 1.29 is 14.0 Å². The van der Waals surface area contributed by atoms with Crippen molar-refractivity contribution in [2.45, 2.75) is 58.9 Å². The summed E-state index contributed by atoms with van der Waals surface area (Å²) in [5.74, 6) is -0.526. The highest BCUT2D eigenvalue weighted by molar-refractivity contribution is 6.34. The number of aryl methyl sites for hydroxylation is 3. The van der Waals surface area contributed by atoms with E-state index in [-0.39, 0.29) is 28.7 Å². The number of hydrogen-bond donors (Lipinski definition) is 1. The number of nitrogens with zero attached hydrogens (tertiary/aromatic N) is 4. The molecule has 1 saturated heterocycles. The third-order valence-corrected chi connectivity index (χ3v) is 7.63. The van der Waals surface area contributed by atoms with Crippen LogP contribution in [0.3, 0.4) is 0 Å². The van der Waals surface area contributed by atoms with E-state index in [1.165, 1.54) is 6.07 Å². The van der Waals surface area contributed by atoms with Crippen molar-refractivity contribution in [2.24, 2.45) is 5.41 Å². The number of rotatable bonds is 3. The van der Waals surface area contributed by atoms with E-state index in [1.807, 2.05) is 19.9 Å². The lowest BCUT2D eigenvalue weighted by Crippen LogP contribution is -2.44. The third-order valence-electron chi connectivity index (χ3n) is 7.33. The van der Waals surface area contributed by atoms with E-state index in [0.29, 0.717) is 54.7 Å². The van der Waals surface area contributed by atoms with E-state index in [2.05, 4.69) is 15.4 Å². The molecule has 2 amide bonds. The van der Waals surface area contributed by atoms with Crippen molar-refractivity contribution in [3.8, 4) is 0 Å². The SMILES string of the molecule is Cc1cc(C)n2ncc(C(=O)N[C@H]3CC[C@@]4(CCN(c5cc(C)c(F)cc5Cl)C4=O)CC3)c2n1. The standard InChI is InChI=1S/C25H27ClFN5O2/c1-14-10-21(19(26)12-20(14)27)31-9-8-25(24(31)34)6-4-17(5-7-25)30-23(33)18-13-28-32-16(3)11-15(2)29-22(18)32/h10-13,17H,4-9H2,1-3H3,(H,30,33)/t17-,25-. The Morgan fingerprint density at radius 3 is 2.65 bits per heavy atom. The lowest BCUT2D eigenvalue weighted by Gasteiger charge is -2.36. The van der Waals surface area contributed by atoms with Crippen molar-refractivity contribution in [3.05, 3.63) is 57.8 Å². The molecule has 0 bridgehead atoms. The Bertz CT molecular complexity index is 1310. The first-order chi connectivity index (χ1) is 16.2. The van der Waals surface area contributed by atoms with Crippen molar-refractivity contribution in [3.63, 3.8) is 0 Å². The number of halogens is 2. The fraction of sp³-hybridized carbons (Fsp3) is 0.440. The van der Waals surface area contributed by atoms with Crippen LogP contribution in [0.2, 0.25) is 5.02 Å². The Kier molecular flexibility index (Phi) is 5.59. The van der Waals surface area contributed by atoms with Gasteiger partial charge in [0.2, 0.25) is 5.91 Å². The van der Waals surface area contributed by atoms with Gasteiger partial charge in [0.1, 0.15) is 11.4 Å². The maximum atomic E-state index is 13.8. The molecule has 2 aliphatic rings. The molecule has 5 rings (SSSR count). The lowest BCUT2D eigenvalue weighted by atomic mass is 9.71. The summed E-state index contributed by atoms with van der Waals surface area (Å²) in [6.07, 6.45) is 5.10. The minimum Gasteiger partial charge on any atom is -0.349 e. The monoisotopic (exact) mass is 483 g/mol. The van der Waals surface area contributed by atoms with Crippen molar-refractivity contribution >= 4 is 34.7 Å². The predicted octanol–water partition coefficient (Wildman–Crippen LogP) is 4.54. The van der Waals surface area contributed by atoms with Gasteiger partial charge in [-0.1, -0.05) is 11.6 Å². The summed E-state index contributed by atoms with van der Waals surface area (Å²) in [5.41, 5.74) is 3.34. The maximum Gasteiger partial charge on any atom is 0.256 e. The quantitative estimate of drug-likeness (QED) is 0.593. The Morgan fingerprint density at radius 2 is 1.91 bits per heavy atom. The average Bonchev–Trinajstić information content (AvgIpc) is 3.35. The number of carbonyl (C=O) groups excluding carboxylic acids is 2. The second-order valence-electron chi connectivity index (χ2n) is 9.62. The number of nitrogens with one attached hydrogen (secondary N) is 1. The van der Waals surface area contributed by atoms with Gasteiger partial charge in [0.05, 0.1) is 22.3 Å². The summed E-state index contributed by atoms with van der Waals surface area (Å²) in [5, 5.41) is 7.68. The number of anilines is 1. The van der Waals surface area contributed by atoms with Gasteiger partial charge < -0.3 is 10.2 Å².